The van der Waals surface area contributed by atoms with E-state index in [2.05, 4.69) is 6.92 Å². The molecular formula is C14H27NO2. The predicted octanol–water partition coefficient (Wildman–Crippen LogP) is 3.17. The number of ketones is 1. The van der Waals surface area contributed by atoms with Crippen molar-refractivity contribution < 1.29 is 9.59 Å². The Labute approximate surface area is 106 Å². The van der Waals surface area contributed by atoms with Crippen LogP contribution >= 0.6 is 0 Å². The molecule has 0 aromatic carbocycles. The van der Waals surface area contributed by atoms with Gasteiger partial charge in [-0.15, -0.1) is 0 Å². The molecule has 3 heteroatoms. The maximum atomic E-state index is 11.6. The number of amides is 1. The summed E-state index contributed by atoms with van der Waals surface area (Å²) in [7, 11) is 1.87. The third kappa shape index (κ3) is 10.0. The lowest BCUT2D eigenvalue weighted by Gasteiger charge is -2.15. The van der Waals surface area contributed by atoms with Gasteiger partial charge >= 0.3 is 0 Å². The zero-order valence-electron chi connectivity index (χ0n) is 11.6. The number of nitrogens with zero attached hydrogens (tertiary/aromatic N) is 1. The molecule has 0 aliphatic heterocycles. The van der Waals surface area contributed by atoms with Gasteiger partial charge in [-0.1, -0.05) is 26.2 Å². The van der Waals surface area contributed by atoms with Crippen LogP contribution in [0.3, 0.4) is 0 Å². The molecule has 0 radical (unpaired) electrons. The van der Waals surface area contributed by atoms with Gasteiger partial charge in [-0.25, -0.2) is 0 Å². The first-order valence-electron chi connectivity index (χ1n) is 6.81. The van der Waals surface area contributed by atoms with Crippen LogP contribution in [0, 0.1) is 0 Å². The van der Waals surface area contributed by atoms with Crippen LogP contribution in [0.1, 0.15) is 65.2 Å². The molecule has 0 N–H and O–H groups in total. The van der Waals surface area contributed by atoms with Crippen LogP contribution in [0.15, 0.2) is 0 Å². The highest BCUT2D eigenvalue weighted by Crippen LogP contribution is 2.08. The summed E-state index contributed by atoms with van der Waals surface area (Å²) < 4.78 is 0. The molecule has 0 fully saturated rings. The average Bonchev–Trinajstić information content (AvgIpc) is 2.27. The second kappa shape index (κ2) is 10.3. The zero-order chi connectivity index (χ0) is 13.1. The van der Waals surface area contributed by atoms with Crippen LogP contribution in [-0.4, -0.2) is 30.2 Å². The molecule has 0 heterocycles. The number of Topliss-reactive ketones (excluding diaryl/α,β-unsaturated/α-hetero) is 1. The Bertz CT molecular complexity index is 226. The molecule has 0 saturated carbocycles. The van der Waals surface area contributed by atoms with Crippen molar-refractivity contribution in [1.82, 2.24) is 4.90 Å². The van der Waals surface area contributed by atoms with E-state index in [9.17, 15) is 9.59 Å². The first-order valence-corrected chi connectivity index (χ1v) is 6.81. The van der Waals surface area contributed by atoms with E-state index in [4.69, 9.17) is 0 Å². The van der Waals surface area contributed by atoms with Crippen LogP contribution in [0.4, 0.5) is 0 Å². The summed E-state index contributed by atoms with van der Waals surface area (Å²) in [6.07, 6.45) is 7.72. The smallest absolute Gasteiger partial charge is 0.222 e. The highest BCUT2D eigenvalue weighted by Gasteiger charge is 2.06. The van der Waals surface area contributed by atoms with E-state index in [0.29, 0.717) is 12.8 Å². The molecule has 3 nitrogen and oxygen atoms in total. The summed E-state index contributed by atoms with van der Waals surface area (Å²) in [4.78, 5) is 24.1. The summed E-state index contributed by atoms with van der Waals surface area (Å²) in [5, 5.41) is 0. The van der Waals surface area contributed by atoms with Gasteiger partial charge in [0.15, 0.2) is 0 Å². The van der Waals surface area contributed by atoms with Crippen LogP contribution in [0.2, 0.25) is 0 Å². The third-order valence-corrected chi connectivity index (χ3v) is 2.90. The Balaban J connectivity index is 3.33. The van der Waals surface area contributed by atoms with Gasteiger partial charge in [-0.2, -0.15) is 0 Å². The van der Waals surface area contributed by atoms with Gasteiger partial charge < -0.3 is 9.69 Å². The first-order chi connectivity index (χ1) is 8.07. The van der Waals surface area contributed by atoms with Gasteiger partial charge in [0.1, 0.15) is 5.78 Å². The molecule has 0 saturated heterocycles. The highest BCUT2D eigenvalue weighted by molar-refractivity contribution is 5.75. The monoisotopic (exact) mass is 241 g/mol. The largest absolute Gasteiger partial charge is 0.346 e. The minimum absolute atomic E-state index is 0.260. The minimum Gasteiger partial charge on any atom is -0.346 e. The third-order valence-electron chi connectivity index (χ3n) is 2.90. The van der Waals surface area contributed by atoms with E-state index in [-0.39, 0.29) is 11.7 Å². The van der Waals surface area contributed by atoms with Crippen LogP contribution in [0.25, 0.3) is 0 Å². The van der Waals surface area contributed by atoms with E-state index in [1.54, 1.807) is 6.92 Å². The van der Waals surface area contributed by atoms with E-state index in [1.807, 2.05) is 11.9 Å². The van der Waals surface area contributed by atoms with Crippen LogP contribution in [0.5, 0.6) is 0 Å². The van der Waals surface area contributed by atoms with Crippen molar-refractivity contribution in [2.75, 3.05) is 13.6 Å². The second-order valence-corrected chi connectivity index (χ2v) is 4.79. The topological polar surface area (TPSA) is 37.4 Å². The Kier molecular flexibility index (Phi) is 9.78. The van der Waals surface area contributed by atoms with E-state index in [0.717, 1.165) is 45.1 Å². The Hall–Kier alpha value is -0.860. The first kappa shape index (κ1) is 16.1. The SMILES string of the molecule is CCCN(C)C(=O)CCCCCCCC(C)=O. The minimum atomic E-state index is 0.260. The van der Waals surface area contributed by atoms with Crippen molar-refractivity contribution in [3.05, 3.63) is 0 Å². The molecule has 0 bridgehead atoms. The van der Waals surface area contributed by atoms with Crippen LogP contribution < -0.4 is 0 Å². The summed E-state index contributed by atoms with van der Waals surface area (Å²) in [5.74, 6) is 0.539. The van der Waals surface area contributed by atoms with Crippen molar-refractivity contribution in [1.29, 1.82) is 0 Å². The van der Waals surface area contributed by atoms with Gasteiger partial charge in [-0.3, -0.25) is 4.79 Å². The van der Waals surface area contributed by atoms with E-state index < -0.39 is 0 Å². The van der Waals surface area contributed by atoms with Gasteiger partial charge in [0.05, 0.1) is 0 Å². The second-order valence-electron chi connectivity index (χ2n) is 4.79. The molecule has 1 amide bonds. The molecule has 0 aromatic heterocycles. The molecule has 0 aromatic rings. The molecule has 0 unspecified atom stereocenters. The van der Waals surface area contributed by atoms with Gasteiger partial charge in [0, 0.05) is 26.4 Å². The fraction of sp³-hybridized carbons (Fsp3) is 0.857. The number of hydrogen-bond donors (Lipinski definition) is 0. The maximum Gasteiger partial charge on any atom is 0.222 e. The van der Waals surface area contributed by atoms with E-state index >= 15 is 0 Å². The summed E-state index contributed by atoms with van der Waals surface area (Å²) in [6.45, 7) is 4.58. The van der Waals surface area contributed by atoms with Gasteiger partial charge in [-0.05, 0) is 26.2 Å². The van der Waals surface area contributed by atoms with Gasteiger partial charge in [0.2, 0.25) is 5.91 Å². The standard InChI is InChI=1S/C14H27NO2/c1-4-12-15(3)14(17)11-9-7-5-6-8-10-13(2)16/h4-12H2,1-3H3. The maximum absolute atomic E-state index is 11.6. The summed E-state index contributed by atoms with van der Waals surface area (Å²) >= 11 is 0. The molecule has 0 spiro atoms. The fourth-order valence-corrected chi connectivity index (χ4v) is 1.83. The van der Waals surface area contributed by atoms with Crippen molar-refractivity contribution in [2.24, 2.45) is 0 Å². The van der Waals surface area contributed by atoms with Crippen molar-refractivity contribution in [2.45, 2.75) is 65.2 Å². The molecule has 100 valence electrons. The number of rotatable bonds is 10. The Morgan fingerprint density at radius 3 is 2.00 bits per heavy atom. The van der Waals surface area contributed by atoms with Gasteiger partial charge in [0.25, 0.3) is 0 Å². The number of carbonyl (C=O) groups is 2. The van der Waals surface area contributed by atoms with Crippen molar-refractivity contribution in [3.8, 4) is 0 Å². The average molecular weight is 241 g/mol. The summed E-state index contributed by atoms with van der Waals surface area (Å²) in [6, 6.07) is 0. The lowest BCUT2D eigenvalue weighted by molar-refractivity contribution is -0.130. The Morgan fingerprint density at radius 1 is 0.941 bits per heavy atom. The number of unbranched alkanes of at least 4 members (excludes halogenated alkanes) is 4. The molecule has 0 aliphatic rings. The fourth-order valence-electron chi connectivity index (χ4n) is 1.83. The molecule has 0 rings (SSSR count). The number of hydrogen-bond acceptors (Lipinski definition) is 2. The Morgan fingerprint density at radius 2 is 1.47 bits per heavy atom. The lowest BCUT2D eigenvalue weighted by Crippen LogP contribution is -2.26. The van der Waals surface area contributed by atoms with E-state index in [1.165, 1.54) is 0 Å². The predicted molar refractivity (Wildman–Crippen MR) is 70.9 cm³/mol. The van der Waals surface area contributed by atoms with Crippen molar-refractivity contribution >= 4 is 11.7 Å². The molecule has 0 atom stereocenters. The zero-order valence-corrected chi connectivity index (χ0v) is 11.6. The molecular weight excluding hydrogens is 214 g/mol. The normalized spacial score (nSPS) is 10.3. The van der Waals surface area contributed by atoms with Crippen LogP contribution in [-0.2, 0) is 9.59 Å². The lowest BCUT2D eigenvalue weighted by atomic mass is 10.1. The molecule has 0 aliphatic carbocycles. The number of carbonyl (C=O) groups excluding carboxylic acids is 2. The quantitative estimate of drug-likeness (QED) is 0.551. The summed E-state index contributed by atoms with van der Waals surface area (Å²) in [5.41, 5.74) is 0. The highest BCUT2D eigenvalue weighted by atomic mass is 16.2. The molecule has 17 heavy (non-hydrogen) atoms. The van der Waals surface area contributed by atoms with Crippen molar-refractivity contribution in [3.63, 3.8) is 0 Å².